The Bertz CT molecular complexity index is 745. The number of pyridine rings is 1. The van der Waals surface area contributed by atoms with E-state index in [0.29, 0.717) is 0 Å². The van der Waals surface area contributed by atoms with E-state index in [1.807, 2.05) is 54.3 Å². The number of piperidine rings is 1. The smallest absolute Gasteiger partial charge is 0.253 e. The molecule has 23 heavy (non-hydrogen) atoms. The molecule has 0 unspecified atom stereocenters. The molecule has 0 aliphatic carbocycles. The van der Waals surface area contributed by atoms with Gasteiger partial charge >= 0.3 is 0 Å². The number of hydrogen-bond donors (Lipinski definition) is 0. The van der Waals surface area contributed by atoms with Crippen molar-refractivity contribution in [3.05, 3.63) is 69.5 Å². The Morgan fingerprint density at radius 3 is 2.61 bits per heavy atom. The predicted molar refractivity (Wildman–Crippen MR) is 96.2 cm³/mol. The Labute approximate surface area is 145 Å². The molecular weight excluding hydrogens is 352 g/mol. The summed E-state index contributed by atoms with van der Waals surface area (Å²) in [5.74, 6) is 0.110. The van der Waals surface area contributed by atoms with Gasteiger partial charge < -0.3 is 4.90 Å². The minimum atomic E-state index is 0.110. The number of rotatable bonds is 2. The van der Waals surface area contributed by atoms with Crippen LogP contribution in [0.15, 0.2) is 52.5 Å². The van der Waals surface area contributed by atoms with Gasteiger partial charge in [-0.25, -0.2) is 0 Å². The van der Waals surface area contributed by atoms with Crippen LogP contribution in [0.2, 0.25) is 0 Å². The highest BCUT2D eigenvalue weighted by molar-refractivity contribution is 9.10. The van der Waals surface area contributed by atoms with Gasteiger partial charge in [-0.15, -0.1) is 0 Å². The lowest BCUT2D eigenvalue weighted by Gasteiger charge is -2.28. The van der Waals surface area contributed by atoms with E-state index in [1.54, 1.807) is 0 Å². The number of likely N-dealkylation sites (tertiary alicyclic amines) is 1. The van der Waals surface area contributed by atoms with Crippen LogP contribution < -0.4 is 0 Å². The Morgan fingerprint density at radius 2 is 1.91 bits per heavy atom. The maximum Gasteiger partial charge on any atom is 0.253 e. The van der Waals surface area contributed by atoms with E-state index in [2.05, 4.69) is 27.0 Å². The van der Waals surface area contributed by atoms with Crippen LogP contribution >= 0.6 is 15.9 Å². The third kappa shape index (κ3) is 4.08. The molecule has 0 N–H and O–H groups in total. The average Bonchev–Trinajstić information content (AvgIpc) is 2.55. The minimum Gasteiger partial charge on any atom is -0.338 e. The molecule has 1 fully saturated rings. The molecule has 1 aliphatic heterocycles. The molecule has 4 heteroatoms. The SMILES string of the molecule is Cc1cccc(C=C2CCN(C(=O)c3cccc(Br)c3)CC2)n1. The second-order valence-corrected chi connectivity index (χ2v) is 6.72. The lowest BCUT2D eigenvalue weighted by atomic mass is 10.0. The molecule has 0 atom stereocenters. The van der Waals surface area contributed by atoms with Crippen LogP contribution in [0.5, 0.6) is 0 Å². The van der Waals surface area contributed by atoms with E-state index in [-0.39, 0.29) is 5.91 Å². The first-order valence-corrected chi connectivity index (χ1v) is 8.59. The van der Waals surface area contributed by atoms with Crippen LogP contribution in [0.1, 0.15) is 34.6 Å². The first kappa shape index (κ1) is 15.9. The first-order chi connectivity index (χ1) is 11.1. The summed E-state index contributed by atoms with van der Waals surface area (Å²) in [6, 6.07) is 13.6. The zero-order valence-corrected chi connectivity index (χ0v) is 14.7. The summed E-state index contributed by atoms with van der Waals surface area (Å²) in [5, 5.41) is 0. The fourth-order valence-electron chi connectivity index (χ4n) is 2.80. The van der Waals surface area contributed by atoms with Crippen molar-refractivity contribution in [1.29, 1.82) is 0 Å². The van der Waals surface area contributed by atoms with E-state index in [9.17, 15) is 4.79 Å². The lowest BCUT2D eigenvalue weighted by Crippen LogP contribution is -2.36. The fraction of sp³-hybridized carbons (Fsp3) is 0.263. The molecule has 3 nitrogen and oxygen atoms in total. The summed E-state index contributed by atoms with van der Waals surface area (Å²) in [7, 11) is 0. The van der Waals surface area contributed by atoms with Gasteiger partial charge in [-0.3, -0.25) is 9.78 Å². The van der Waals surface area contributed by atoms with Crippen molar-refractivity contribution in [2.75, 3.05) is 13.1 Å². The summed E-state index contributed by atoms with van der Waals surface area (Å²) in [4.78, 5) is 19.0. The second-order valence-electron chi connectivity index (χ2n) is 5.81. The molecule has 2 heterocycles. The van der Waals surface area contributed by atoms with E-state index < -0.39 is 0 Å². The third-order valence-electron chi connectivity index (χ3n) is 4.03. The topological polar surface area (TPSA) is 33.2 Å². The van der Waals surface area contributed by atoms with Crippen molar-refractivity contribution in [3.8, 4) is 0 Å². The normalized spacial score (nSPS) is 14.7. The van der Waals surface area contributed by atoms with Crippen molar-refractivity contribution < 1.29 is 4.79 Å². The second kappa shape index (κ2) is 7.09. The molecule has 3 rings (SSSR count). The first-order valence-electron chi connectivity index (χ1n) is 7.80. The average molecular weight is 371 g/mol. The fourth-order valence-corrected chi connectivity index (χ4v) is 3.20. The van der Waals surface area contributed by atoms with Crippen molar-refractivity contribution in [2.24, 2.45) is 0 Å². The summed E-state index contributed by atoms with van der Waals surface area (Å²) in [6.45, 7) is 3.53. The summed E-state index contributed by atoms with van der Waals surface area (Å²) in [6.07, 6.45) is 3.98. The van der Waals surface area contributed by atoms with Crippen molar-refractivity contribution in [2.45, 2.75) is 19.8 Å². The number of carbonyl (C=O) groups excluding carboxylic acids is 1. The molecule has 1 aliphatic rings. The highest BCUT2D eigenvalue weighted by Crippen LogP contribution is 2.21. The Kier molecular flexibility index (Phi) is 4.91. The van der Waals surface area contributed by atoms with Crippen molar-refractivity contribution in [1.82, 2.24) is 9.88 Å². The maximum atomic E-state index is 12.5. The summed E-state index contributed by atoms with van der Waals surface area (Å²) in [5.41, 5.74) is 4.14. The van der Waals surface area contributed by atoms with Gasteiger partial charge in [0.25, 0.3) is 5.91 Å². The lowest BCUT2D eigenvalue weighted by molar-refractivity contribution is 0.0744. The van der Waals surface area contributed by atoms with E-state index in [1.165, 1.54) is 5.57 Å². The highest BCUT2D eigenvalue weighted by Gasteiger charge is 2.20. The zero-order valence-electron chi connectivity index (χ0n) is 13.1. The van der Waals surface area contributed by atoms with Gasteiger partial charge in [0.1, 0.15) is 0 Å². The number of amides is 1. The van der Waals surface area contributed by atoms with Crippen LogP contribution in [0.25, 0.3) is 6.08 Å². The number of aryl methyl sites for hydroxylation is 1. The largest absolute Gasteiger partial charge is 0.338 e. The number of benzene rings is 1. The molecule has 1 saturated heterocycles. The standard InChI is InChI=1S/C19H19BrN2O/c1-14-4-2-7-18(21-14)12-15-8-10-22(11-9-15)19(23)16-5-3-6-17(20)13-16/h2-7,12-13H,8-11H2,1H3. The van der Waals surface area contributed by atoms with Gasteiger partial charge in [0.15, 0.2) is 0 Å². The van der Waals surface area contributed by atoms with E-state index in [0.717, 1.165) is 47.4 Å². The molecule has 1 aromatic heterocycles. The van der Waals surface area contributed by atoms with Crippen LogP contribution in [-0.2, 0) is 0 Å². The Hall–Kier alpha value is -1.94. The number of carbonyl (C=O) groups is 1. The molecule has 2 aromatic rings. The summed E-state index contributed by atoms with van der Waals surface area (Å²) < 4.78 is 0.937. The maximum absolute atomic E-state index is 12.5. The highest BCUT2D eigenvalue weighted by atomic mass is 79.9. The minimum absolute atomic E-state index is 0.110. The zero-order chi connectivity index (χ0) is 16.2. The summed E-state index contributed by atoms with van der Waals surface area (Å²) >= 11 is 3.42. The Morgan fingerprint density at radius 1 is 1.17 bits per heavy atom. The molecule has 0 radical (unpaired) electrons. The molecule has 118 valence electrons. The molecule has 0 bridgehead atoms. The number of hydrogen-bond acceptors (Lipinski definition) is 2. The Balaban J connectivity index is 1.65. The van der Waals surface area contributed by atoms with Gasteiger partial charge in [-0.05, 0) is 56.2 Å². The monoisotopic (exact) mass is 370 g/mol. The molecule has 1 amide bonds. The van der Waals surface area contributed by atoms with Crippen molar-refractivity contribution >= 4 is 27.9 Å². The van der Waals surface area contributed by atoms with Gasteiger partial charge in [0.05, 0.1) is 5.69 Å². The van der Waals surface area contributed by atoms with Crippen molar-refractivity contribution in [3.63, 3.8) is 0 Å². The van der Waals surface area contributed by atoms with Crippen LogP contribution in [0, 0.1) is 6.92 Å². The van der Waals surface area contributed by atoms with Crippen LogP contribution in [0.3, 0.4) is 0 Å². The van der Waals surface area contributed by atoms with Gasteiger partial charge in [-0.2, -0.15) is 0 Å². The number of nitrogens with zero attached hydrogens (tertiary/aromatic N) is 2. The predicted octanol–water partition coefficient (Wildman–Crippen LogP) is 4.47. The molecule has 0 saturated carbocycles. The van der Waals surface area contributed by atoms with Gasteiger partial charge in [0, 0.05) is 28.8 Å². The quantitative estimate of drug-likeness (QED) is 0.780. The number of aromatic nitrogens is 1. The molecule has 0 spiro atoms. The van der Waals surface area contributed by atoms with E-state index in [4.69, 9.17) is 0 Å². The third-order valence-corrected chi connectivity index (χ3v) is 4.52. The molecular formula is C19H19BrN2O. The molecule has 1 aromatic carbocycles. The van der Waals surface area contributed by atoms with Gasteiger partial charge in [-0.1, -0.05) is 33.6 Å². The van der Waals surface area contributed by atoms with E-state index >= 15 is 0 Å². The van der Waals surface area contributed by atoms with Crippen LogP contribution in [-0.4, -0.2) is 28.9 Å². The van der Waals surface area contributed by atoms with Crippen LogP contribution in [0.4, 0.5) is 0 Å². The number of halogens is 1. The van der Waals surface area contributed by atoms with Gasteiger partial charge in [0.2, 0.25) is 0 Å².